The summed E-state index contributed by atoms with van der Waals surface area (Å²) in [6, 6.07) is 0. The van der Waals surface area contributed by atoms with Crippen molar-refractivity contribution in [1.82, 2.24) is 0 Å². The molecule has 0 bridgehead atoms. The fourth-order valence-electron chi connectivity index (χ4n) is 1.83. The summed E-state index contributed by atoms with van der Waals surface area (Å²) in [5.74, 6) is -0.738. The van der Waals surface area contributed by atoms with Crippen LogP contribution in [-0.4, -0.2) is 22.4 Å². The molecule has 0 rings (SSSR count). The van der Waals surface area contributed by atoms with Crippen LogP contribution in [0.4, 0.5) is 0 Å². The van der Waals surface area contributed by atoms with Crippen molar-refractivity contribution in [1.29, 1.82) is 0 Å². The maximum absolute atomic E-state index is 10.3. The van der Waals surface area contributed by atoms with E-state index in [0.29, 0.717) is 12.8 Å². The number of aliphatic carboxylic acids is 1. The van der Waals surface area contributed by atoms with E-state index < -0.39 is 5.97 Å². The van der Waals surface area contributed by atoms with Gasteiger partial charge < -0.3 is 5.11 Å². The van der Waals surface area contributed by atoms with Gasteiger partial charge in [-0.05, 0) is 38.5 Å². The van der Waals surface area contributed by atoms with Crippen LogP contribution in [0.2, 0.25) is 0 Å². The van der Waals surface area contributed by atoms with Gasteiger partial charge in [0.25, 0.3) is 0 Å². The van der Waals surface area contributed by atoms with E-state index in [9.17, 15) is 4.79 Å². The first-order chi connectivity index (χ1) is 11.7. The van der Waals surface area contributed by atoms with E-state index in [1.807, 2.05) is 42.5 Å². The number of carboxylic acid groups (broad SMARTS) is 1. The Morgan fingerprint density at radius 3 is 2.38 bits per heavy atom. The summed E-state index contributed by atoms with van der Waals surface area (Å²) in [5.41, 5.74) is 0. The van der Waals surface area contributed by atoms with Crippen molar-refractivity contribution in [3.63, 3.8) is 0 Å². The zero-order valence-electron chi connectivity index (χ0n) is 14.5. The van der Waals surface area contributed by atoms with E-state index >= 15 is 0 Å². The number of carboxylic acids is 1. The van der Waals surface area contributed by atoms with Crippen molar-refractivity contribution in [2.24, 2.45) is 0 Å². The first kappa shape index (κ1) is 22.1. The second-order valence-corrected chi connectivity index (χ2v) is 5.27. The lowest BCUT2D eigenvalue weighted by molar-refractivity contribution is -0.264. The van der Waals surface area contributed by atoms with E-state index in [1.54, 1.807) is 0 Å². The molecule has 4 nitrogen and oxygen atoms in total. The van der Waals surface area contributed by atoms with Gasteiger partial charge in [-0.25, -0.2) is 4.89 Å². The third kappa shape index (κ3) is 16.5. The van der Waals surface area contributed by atoms with Gasteiger partial charge in [-0.1, -0.05) is 67.7 Å². The maximum Gasteiger partial charge on any atom is 0.303 e. The second kappa shape index (κ2) is 17.4. The van der Waals surface area contributed by atoms with Crippen molar-refractivity contribution in [2.45, 2.75) is 58.0 Å². The Morgan fingerprint density at radius 1 is 1.00 bits per heavy atom. The predicted molar refractivity (Wildman–Crippen MR) is 98.8 cm³/mol. The molecule has 4 heteroatoms. The molecule has 0 saturated carbocycles. The quantitative estimate of drug-likeness (QED) is 0.145. The number of hydrogen-bond acceptors (Lipinski definition) is 3. The molecule has 0 amide bonds. The van der Waals surface area contributed by atoms with Crippen LogP contribution < -0.4 is 0 Å². The van der Waals surface area contributed by atoms with E-state index in [-0.39, 0.29) is 12.5 Å². The highest BCUT2D eigenvalue weighted by Gasteiger charge is 1.99. The molecule has 0 aromatic carbocycles. The summed E-state index contributed by atoms with van der Waals surface area (Å²) in [7, 11) is 0. The minimum atomic E-state index is -0.738. The van der Waals surface area contributed by atoms with Gasteiger partial charge in [-0.3, -0.25) is 10.1 Å². The zero-order valence-corrected chi connectivity index (χ0v) is 14.5. The van der Waals surface area contributed by atoms with E-state index in [2.05, 4.69) is 30.0 Å². The summed E-state index contributed by atoms with van der Waals surface area (Å²) in [6.07, 6.45) is 24.7. The van der Waals surface area contributed by atoms with Gasteiger partial charge in [0.1, 0.15) is 6.10 Å². The van der Waals surface area contributed by atoms with Gasteiger partial charge in [0.15, 0.2) is 0 Å². The molecule has 0 aliphatic heterocycles. The molecule has 0 radical (unpaired) electrons. The molecule has 0 fully saturated rings. The van der Waals surface area contributed by atoms with Crippen LogP contribution in [-0.2, 0) is 9.68 Å². The number of hydrogen-bond donors (Lipinski definition) is 2. The van der Waals surface area contributed by atoms with Gasteiger partial charge in [-0.15, -0.1) is 0 Å². The highest BCUT2D eigenvalue weighted by molar-refractivity contribution is 5.66. The fraction of sp³-hybridized carbons (Fsp3) is 0.450. The molecular formula is C20H30O4. The van der Waals surface area contributed by atoms with E-state index in [1.165, 1.54) is 0 Å². The second-order valence-electron chi connectivity index (χ2n) is 5.27. The topological polar surface area (TPSA) is 66.8 Å². The Bertz CT molecular complexity index is 445. The molecule has 0 aliphatic carbocycles. The number of rotatable bonds is 14. The van der Waals surface area contributed by atoms with Crippen LogP contribution in [0.15, 0.2) is 60.8 Å². The lowest BCUT2D eigenvalue weighted by Crippen LogP contribution is -2.04. The molecule has 0 spiro atoms. The summed E-state index contributed by atoms with van der Waals surface area (Å²) < 4.78 is 0. The largest absolute Gasteiger partial charge is 0.481 e. The standard InChI is InChI=1S/C20H30O4/c1-2-3-13-16-19(24-23)17-14-11-9-7-5-4-6-8-10-12-15-18-20(21)22/h3-5,8-11,13-14,17,19,23H,2,6-7,12,15-16,18H2,1H3,(H,21,22)/b5-4-,10-8+,11-9+,13-3+,17-14+/t19-/m0/s1. The van der Waals surface area contributed by atoms with Gasteiger partial charge >= 0.3 is 5.97 Å². The number of unbranched alkanes of at least 4 members (excludes halogenated alkanes) is 1. The molecule has 24 heavy (non-hydrogen) atoms. The molecule has 1 atom stereocenters. The average Bonchev–Trinajstić information content (AvgIpc) is 2.57. The van der Waals surface area contributed by atoms with E-state index in [0.717, 1.165) is 25.7 Å². The number of allylic oxidation sites excluding steroid dienone is 8. The third-order valence-electron chi connectivity index (χ3n) is 3.12. The lowest BCUT2D eigenvalue weighted by Gasteiger charge is -2.03. The van der Waals surface area contributed by atoms with Crippen molar-refractivity contribution >= 4 is 5.97 Å². The van der Waals surface area contributed by atoms with Crippen molar-refractivity contribution < 1.29 is 20.0 Å². The van der Waals surface area contributed by atoms with Crippen LogP contribution >= 0.6 is 0 Å². The van der Waals surface area contributed by atoms with E-state index in [4.69, 9.17) is 10.4 Å². The van der Waals surface area contributed by atoms with Gasteiger partial charge in [0, 0.05) is 6.42 Å². The summed E-state index contributed by atoms with van der Waals surface area (Å²) >= 11 is 0. The van der Waals surface area contributed by atoms with Crippen molar-refractivity contribution in [2.75, 3.05) is 0 Å². The van der Waals surface area contributed by atoms with Crippen LogP contribution in [0.25, 0.3) is 0 Å². The van der Waals surface area contributed by atoms with Crippen LogP contribution in [0.3, 0.4) is 0 Å². The van der Waals surface area contributed by atoms with Crippen LogP contribution in [0, 0.1) is 0 Å². The van der Waals surface area contributed by atoms with Crippen LogP contribution in [0.5, 0.6) is 0 Å². The number of carbonyl (C=O) groups is 1. The van der Waals surface area contributed by atoms with Crippen molar-refractivity contribution in [3.8, 4) is 0 Å². The Morgan fingerprint density at radius 2 is 1.71 bits per heavy atom. The smallest absolute Gasteiger partial charge is 0.303 e. The Balaban J connectivity index is 3.75. The van der Waals surface area contributed by atoms with Gasteiger partial charge in [-0.2, -0.15) is 0 Å². The lowest BCUT2D eigenvalue weighted by atomic mass is 10.2. The normalized spacial score (nSPS) is 14.1. The summed E-state index contributed by atoms with van der Waals surface area (Å²) in [4.78, 5) is 14.7. The first-order valence-corrected chi connectivity index (χ1v) is 8.51. The zero-order chi connectivity index (χ0) is 17.9. The molecule has 0 saturated heterocycles. The van der Waals surface area contributed by atoms with Crippen molar-refractivity contribution in [3.05, 3.63) is 60.8 Å². The predicted octanol–water partition coefficient (Wildman–Crippen LogP) is 5.46. The minimum absolute atomic E-state index is 0.232. The Labute approximate surface area is 145 Å². The SMILES string of the molecule is CC/C=C/C[C@@H](/C=C/C=C/C/C=C\C/C=C/CCCC(=O)O)OO. The maximum atomic E-state index is 10.3. The third-order valence-corrected chi connectivity index (χ3v) is 3.12. The highest BCUT2D eigenvalue weighted by atomic mass is 17.1. The monoisotopic (exact) mass is 334 g/mol. The minimum Gasteiger partial charge on any atom is -0.481 e. The van der Waals surface area contributed by atoms with Gasteiger partial charge in [0.05, 0.1) is 0 Å². The molecule has 0 aliphatic rings. The Hall–Kier alpha value is -1.91. The molecule has 0 heterocycles. The molecule has 134 valence electrons. The average molecular weight is 334 g/mol. The molecule has 2 N–H and O–H groups in total. The fourth-order valence-corrected chi connectivity index (χ4v) is 1.83. The molecular weight excluding hydrogens is 304 g/mol. The van der Waals surface area contributed by atoms with Gasteiger partial charge in [0.2, 0.25) is 0 Å². The van der Waals surface area contributed by atoms with Crippen LogP contribution in [0.1, 0.15) is 51.9 Å². The Kier molecular flexibility index (Phi) is 16.1. The molecule has 0 aromatic rings. The molecule has 0 unspecified atom stereocenters. The molecule has 0 aromatic heterocycles. The highest BCUT2D eigenvalue weighted by Crippen LogP contribution is 2.02. The summed E-state index contributed by atoms with van der Waals surface area (Å²) in [6.45, 7) is 2.06. The summed E-state index contributed by atoms with van der Waals surface area (Å²) in [5, 5.41) is 17.3. The first-order valence-electron chi connectivity index (χ1n) is 8.51.